The molecular weight excluding hydrogens is 138 g/mol. The van der Waals surface area contributed by atoms with Crippen LogP contribution in [-0.2, 0) is 13.1 Å². The predicted octanol–water partition coefficient (Wildman–Crippen LogP) is 0.0149. The molecule has 0 unspecified atom stereocenters. The number of imidazole rings is 1. The van der Waals surface area contributed by atoms with Gasteiger partial charge in [-0.2, -0.15) is 0 Å². The molecule has 0 fully saturated rings. The van der Waals surface area contributed by atoms with Crippen LogP contribution in [-0.4, -0.2) is 18.2 Å². The lowest BCUT2D eigenvalue weighted by atomic mass is 10.6. The molecule has 0 aliphatic rings. The lowest BCUT2D eigenvalue weighted by Crippen LogP contribution is -2.36. The normalized spacial score (nSPS) is 10.4. The lowest BCUT2D eigenvalue weighted by Gasteiger charge is -1.93. The summed E-state index contributed by atoms with van der Waals surface area (Å²) in [6.07, 6.45) is 6.31. The summed E-state index contributed by atoms with van der Waals surface area (Å²) in [4.78, 5) is 0. The molecule has 3 heteroatoms. The third kappa shape index (κ3) is 2.35. The monoisotopic (exact) mass is 154 g/mol. The van der Waals surface area contributed by atoms with Gasteiger partial charge in [0.25, 0.3) is 0 Å². The number of rotatable bonds is 4. The van der Waals surface area contributed by atoms with E-state index in [1.165, 1.54) is 0 Å². The number of likely N-dealkylation sites (N-methyl/N-ethyl adjacent to an activating group) is 1. The second kappa shape index (κ2) is 4.13. The summed E-state index contributed by atoms with van der Waals surface area (Å²) >= 11 is 0. The minimum atomic E-state index is 1.03. The van der Waals surface area contributed by atoms with Crippen LogP contribution in [0.1, 0.15) is 6.92 Å². The molecule has 62 valence electrons. The first-order valence-corrected chi connectivity index (χ1v) is 4.06. The van der Waals surface area contributed by atoms with Gasteiger partial charge >= 0.3 is 0 Å². The smallest absolute Gasteiger partial charge is 0.243 e. The van der Waals surface area contributed by atoms with Gasteiger partial charge in [0.05, 0.1) is 6.54 Å². The Hall–Kier alpha value is -0.830. The van der Waals surface area contributed by atoms with Crippen LogP contribution in [0.4, 0.5) is 0 Å². The highest BCUT2D eigenvalue weighted by Crippen LogP contribution is 1.81. The van der Waals surface area contributed by atoms with Gasteiger partial charge in [0, 0.05) is 6.54 Å². The van der Waals surface area contributed by atoms with Gasteiger partial charge in [-0.25, -0.2) is 9.13 Å². The molecule has 0 radical (unpaired) electrons. The Balaban J connectivity index is 2.44. The number of hydrogen-bond acceptors (Lipinski definition) is 1. The largest absolute Gasteiger partial charge is 0.316 e. The molecule has 1 rings (SSSR count). The second-order valence-electron chi connectivity index (χ2n) is 2.59. The summed E-state index contributed by atoms with van der Waals surface area (Å²) in [5.41, 5.74) is 0. The van der Waals surface area contributed by atoms with Crippen LogP contribution in [0.25, 0.3) is 0 Å². The molecule has 0 bridgehead atoms. The van der Waals surface area contributed by atoms with Crippen molar-refractivity contribution in [2.45, 2.75) is 20.0 Å². The van der Waals surface area contributed by atoms with E-state index in [-0.39, 0.29) is 0 Å². The predicted molar refractivity (Wildman–Crippen MR) is 44.2 cm³/mol. The molecule has 3 nitrogen and oxygen atoms in total. The molecule has 1 N–H and O–H groups in total. The highest BCUT2D eigenvalue weighted by atomic mass is 15.1. The molecule has 0 saturated carbocycles. The van der Waals surface area contributed by atoms with E-state index >= 15 is 0 Å². The maximum absolute atomic E-state index is 3.11. The fourth-order valence-electron chi connectivity index (χ4n) is 0.999. The van der Waals surface area contributed by atoms with Crippen molar-refractivity contribution < 1.29 is 4.57 Å². The molecule has 1 heterocycles. The average Bonchev–Trinajstić information content (AvgIpc) is 2.48. The summed E-state index contributed by atoms with van der Waals surface area (Å²) in [5.74, 6) is 0. The van der Waals surface area contributed by atoms with Crippen LogP contribution in [0.2, 0.25) is 0 Å². The standard InChI is InChI=1S/C8H16N3/c1-3-10-6-7-11(8-10)5-4-9-2/h6-9H,3-5H2,1-2H3/q+1. The number of aryl methyl sites for hydroxylation is 1. The molecule has 0 aromatic carbocycles. The van der Waals surface area contributed by atoms with Crippen molar-refractivity contribution in [2.24, 2.45) is 0 Å². The average molecular weight is 154 g/mol. The van der Waals surface area contributed by atoms with E-state index in [9.17, 15) is 0 Å². The van der Waals surface area contributed by atoms with Gasteiger partial charge in [-0.1, -0.05) is 0 Å². The molecule has 1 aromatic rings. The van der Waals surface area contributed by atoms with Crippen LogP contribution >= 0.6 is 0 Å². The van der Waals surface area contributed by atoms with Crippen molar-refractivity contribution in [2.75, 3.05) is 13.6 Å². The van der Waals surface area contributed by atoms with Crippen LogP contribution in [0.3, 0.4) is 0 Å². The summed E-state index contributed by atoms with van der Waals surface area (Å²) in [6.45, 7) is 5.26. The summed E-state index contributed by atoms with van der Waals surface area (Å²) in [7, 11) is 1.97. The van der Waals surface area contributed by atoms with E-state index < -0.39 is 0 Å². The maximum atomic E-state index is 3.11. The fourth-order valence-corrected chi connectivity index (χ4v) is 0.999. The van der Waals surface area contributed by atoms with E-state index in [4.69, 9.17) is 0 Å². The lowest BCUT2D eigenvalue weighted by molar-refractivity contribution is -0.694. The zero-order chi connectivity index (χ0) is 8.10. The van der Waals surface area contributed by atoms with Gasteiger partial charge in [0.1, 0.15) is 18.9 Å². The quantitative estimate of drug-likeness (QED) is 0.606. The van der Waals surface area contributed by atoms with Crippen molar-refractivity contribution in [1.29, 1.82) is 0 Å². The maximum Gasteiger partial charge on any atom is 0.243 e. The van der Waals surface area contributed by atoms with E-state index in [2.05, 4.69) is 40.1 Å². The third-order valence-corrected chi connectivity index (χ3v) is 1.73. The minimum Gasteiger partial charge on any atom is -0.316 e. The highest BCUT2D eigenvalue weighted by Gasteiger charge is 1.98. The first-order valence-electron chi connectivity index (χ1n) is 4.06. The van der Waals surface area contributed by atoms with Crippen molar-refractivity contribution in [3.8, 4) is 0 Å². The van der Waals surface area contributed by atoms with Crippen LogP contribution in [0.15, 0.2) is 18.7 Å². The SMILES string of the molecule is CCn1cc[n+](CCNC)c1. The second-order valence-corrected chi connectivity index (χ2v) is 2.59. The van der Waals surface area contributed by atoms with Crippen LogP contribution < -0.4 is 9.88 Å². The van der Waals surface area contributed by atoms with E-state index in [1.807, 2.05) is 7.05 Å². The van der Waals surface area contributed by atoms with Crippen LogP contribution in [0, 0.1) is 0 Å². The Morgan fingerprint density at radius 3 is 2.91 bits per heavy atom. The molecule has 0 spiro atoms. The Morgan fingerprint density at radius 1 is 1.55 bits per heavy atom. The summed E-state index contributed by atoms with van der Waals surface area (Å²) in [6, 6.07) is 0. The molecule has 0 saturated heterocycles. The molecule has 0 atom stereocenters. The zero-order valence-corrected chi connectivity index (χ0v) is 7.25. The summed E-state index contributed by atoms with van der Waals surface area (Å²) in [5, 5.41) is 3.11. The van der Waals surface area contributed by atoms with Gasteiger partial charge in [-0.3, -0.25) is 0 Å². The minimum absolute atomic E-state index is 1.03. The first-order chi connectivity index (χ1) is 5.36. The Labute approximate surface area is 67.7 Å². The Morgan fingerprint density at radius 2 is 2.36 bits per heavy atom. The van der Waals surface area contributed by atoms with Gasteiger partial charge < -0.3 is 5.32 Å². The van der Waals surface area contributed by atoms with Gasteiger partial charge in [-0.15, -0.1) is 0 Å². The van der Waals surface area contributed by atoms with Crippen molar-refractivity contribution in [1.82, 2.24) is 9.88 Å². The first kappa shape index (κ1) is 8.27. The Kier molecular flexibility index (Phi) is 3.11. The van der Waals surface area contributed by atoms with E-state index in [0.717, 1.165) is 19.6 Å². The van der Waals surface area contributed by atoms with Crippen molar-refractivity contribution >= 4 is 0 Å². The Bertz CT molecular complexity index is 205. The number of nitrogens with zero attached hydrogens (tertiary/aromatic N) is 2. The number of hydrogen-bond donors (Lipinski definition) is 1. The van der Waals surface area contributed by atoms with Crippen molar-refractivity contribution in [3.63, 3.8) is 0 Å². The van der Waals surface area contributed by atoms with E-state index in [1.54, 1.807) is 0 Å². The summed E-state index contributed by atoms with van der Waals surface area (Å²) < 4.78 is 4.34. The number of nitrogens with one attached hydrogen (secondary N) is 1. The number of aromatic nitrogens is 2. The topological polar surface area (TPSA) is 20.8 Å². The van der Waals surface area contributed by atoms with Gasteiger partial charge in [-0.05, 0) is 14.0 Å². The molecule has 0 aliphatic carbocycles. The molecule has 0 amide bonds. The van der Waals surface area contributed by atoms with Gasteiger partial charge in [0.15, 0.2) is 0 Å². The molecular formula is C8H16N3+. The molecule has 1 aromatic heterocycles. The third-order valence-electron chi connectivity index (χ3n) is 1.73. The van der Waals surface area contributed by atoms with E-state index in [0.29, 0.717) is 0 Å². The molecule has 0 aliphatic heterocycles. The zero-order valence-electron chi connectivity index (χ0n) is 7.25. The highest BCUT2D eigenvalue weighted by molar-refractivity contribution is 4.64. The van der Waals surface area contributed by atoms with Crippen LogP contribution in [0.5, 0.6) is 0 Å². The molecule has 11 heavy (non-hydrogen) atoms. The van der Waals surface area contributed by atoms with Crippen molar-refractivity contribution in [3.05, 3.63) is 18.7 Å². The fraction of sp³-hybridized carbons (Fsp3) is 0.625. The van der Waals surface area contributed by atoms with Gasteiger partial charge in [0.2, 0.25) is 6.33 Å².